The van der Waals surface area contributed by atoms with Gasteiger partial charge in [0.1, 0.15) is 11.0 Å². The molecule has 0 aromatic rings. The monoisotopic (exact) mass is 203 g/mol. The van der Waals surface area contributed by atoms with Crippen molar-refractivity contribution >= 4 is 16.7 Å². The highest BCUT2D eigenvalue weighted by Gasteiger charge is 2.18. The lowest BCUT2D eigenvalue weighted by molar-refractivity contribution is 0.650. The molecule has 0 aliphatic rings. The Balaban J connectivity index is 4.15. The Morgan fingerprint density at radius 3 is 2.31 bits per heavy atom. The number of rotatable bonds is 4. The number of hydrogen-bond donors (Lipinski definition) is 0. The molecule has 1 atom stereocenters. The van der Waals surface area contributed by atoms with Crippen LogP contribution in [0.2, 0.25) is 0 Å². The van der Waals surface area contributed by atoms with Gasteiger partial charge in [0.25, 0.3) is 0 Å². The molecule has 0 amide bonds. The summed E-state index contributed by atoms with van der Waals surface area (Å²) in [5.74, 6) is 0. The van der Waals surface area contributed by atoms with E-state index in [2.05, 4.69) is 11.3 Å². The maximum absolute atomic E-state index is 11.6. The first-order chi connectivity index (χ1) is 5.88. The summed E-state index contributed by atoms with van der Waals surface area (Å²) < 4.78 is 15.5. The lowest BCUT2D eigenvalue weighted by Crippen LogP contribution is -2.20. The second-order valence-corrected chi connectivity index (χ2v) is 6.20. The zero-order valence-electron chi connectivity index (χ0n) is 9.39. The minimum absolute atomic E-state index is 0.229. The molecule has 2 nitrogen and oxygen atoms in total. The first-order valence-electron chi connectivity index (χ1n) is 4.84. The third-order valence-electron chi connectivity index (χ3n) is 1.65. The van der Waals surface area contributed by atoms with Crippen LogP contribution in [-0.2, 0) is 11.0 Å². The molecule has 3 heteroatoms. The Labute approximate surface area is 84.4 Å². The molecule has 0 rings (SSSR count). The molecule has 0 aromatic heterocycles. The van der Waals surface area contributed by atoms with Crippen LogP contribution in [0, 0.1) is 0 Å². The van der Waals surface area contributed by atoms with Crippen molar-refractivity contribution in [3.63, 3.8) is 0 Å². The van der Waals surface area contributed by atoms with Crippen molar-refractivity contribution in [1.29, 1.82) is 0 Å². The van der Waals surface area contributed by atoms with Crippen molar-refractivity contribution in [2.45, 2.75) is 58.6 Å². The van der Waals surface area contributed by atoms with Gasteiger partial charge >= 0.3 is 0 Å². The largest absolute Gasteiger partial charge is 0.234 e. The normalized spacial score (nSPS) is 15.9. The highest BCUT2D eigenvalue weighted by atomic mass is 32.2. The summed E-state index contributed by atoms with van der Waals surface area (Å²) >= 11 is 0. The summed E-state index contributed by atoms with van der Waals surface area (Å²) in [5.41, 5.74) is 1.01. The van der Waals surface area contributed by atoms with Crippen LogP contribution in [0.1, 0.15) is 53.9 Å². The number of unbranched alkanes of at least 4 members (excludes halogenated alkanes) is 1. The van der Waals surface area contributed by atoms with E-state index in [1.807, 2.05) is 27.7 Å². The van der Waals surface area contributed by atoms with E-state index in [9.17, 15) is 4.21 Å². The molecule has 0 heterocycles. The Morgan fingerprint density at radius 1 is 1.38 bits per heavy atom. The van der Waals surface area contributed by atoms with Gasteiger partial charge in [-0.25, -0.2) is 4.21 Å². The van der Waals surface area contributed by atoms with Gasteiger partial charge in [0, 0.05) is 5.71 Å². The minimum atomic E-state index is -1.08. The van der Waals surface area contributed by atoms with Crippen LogP contribution < -0.4 is 0 Å². The van der Waals surface area contributed by atoms with Crippen LogP contribution in [-0.4, -0.2) is 14.7 Å². The molecule has 0 saturated heterocycles. The van der Waals surface area contributed by atoms with Crippen LogP contribution in [0.25, 0.3) is 0 Å². The van der Waals surface area contributed by atoms with Crippen LogP contribution >= 0.6 is 0 Å². The molecule has 0 saturated carbocycles. The van der Waals surface area contributed by atoms with Crippen molar-refractivity contribution in [3.8, 4) is 0 Å². The Hall–Kier alpha value is -0.180. The molecular formula is C10H21NOS. The second kappa shape index (κ2) is 5.53. The minimum Gasteiger partial charge on any atom is -0.234 e. The summed E-state index contributed by atoms with van der Waals surface area (Å²) in [4.78, 5) is 0. The summed E-state index contributed by atoms with van der Waals surface area (Å²) in [6, 6.07) is 0. The van der Waals surface area contributed by atoms with Crippen LogP contribution in [0.3, 0.4) is 0 Å². The number of nitrogens with zero attached hydrogens (tertiary/aromatic N) is 1. The van der Waals surface area contributed by atoms with E-state index < -0.39 is 11.0 Å². The molecule has 0 bridgehead atoms. The maximum Gasteiger partial charge on any atom is 0.144 e. The summed E-state index contributed by atoms with van der Waals surface area (Å²) in [6.07, 6.45) is 3.27. The molecule has 0 spiro atoms. The highest BCUT2D eigenvalue weighted by molar-refractivity contribution is 7.85. The predicted octanol–water partition coefficient (Wildman–Crippen LogP) is 3.10. The van der Waals surface area contributed by atoms with E-state index in [-0.39, 0.29) is 4.75 Å². The van der Waals surface area contributed by atoms with Gasteiger partial charge in [-0.1, -0.05) is 13.3 Å². The first-order valence-corrected chi connectivity index (χ1v) is 5.94. The van der Waals surface area contributed by atoms with Crippen molar-refractivity contribution in [2.24, 2.45) is 4.40 Å². The molecule has 13 heavy (non-hydrogen) atoms. The zero-order chi connectivity index (χ0) is 10.5. The van der Waals surface area contributed by atoms with Crippen molar-refractivity contribution in [3.05, 3.63) is 0 Å². The smallest absolute Gasteiger partial charge is 0.144 e. The number of hydrogen-bond acceptors (Lipinski definition) is 1. The van der Waals surface area contributed by atoms with Gasteiger partial charge in [-0.3, -0.25) is 0 Å². The first kappa shape index (κ1) is 12.8. The van der Waals surface area contributed by atoms with E-state index in [1.54, 1.807) is 0 Å². The van der Waals surface area contributed by atoms with Gasteiger partial charge in [0.15, 0.2) is 0 Å². The summed E-state index contributed by atoms with van der Waals surface area (Å²) in [7, 11) is -1.08. The molecule has 0 unspecified atom stereocenters. The fourth-order valence-corrected chi connectivity index (χ4v) is 1.40. The van der Waals surface area contributed by atoms with Gasteiger partial charge < -0.3 is 0 Å². The average Bonchev–Trinajstić information content (AvgIpc) is 1.99. The topological polar surface area (TPSA) is 29.4 Å². The molecule has 0 aliphatic heterocycles. The van der Waals surface area contributed by atoms with E-state index in [0.717, 1.165) is 25.0 Å². The summed E-state index contributed by atoms with van der Waals surface area (Å²) in [6.45, 7) is 9.94. The molecule has 0 N–H and O–H groups in total. The van der Waals surface area contributed by atoms with Crippen molar-refractivity contribution < 1.29 is 4.21 Å². The SMILES string of the molecule is CCCCC(C)=N[S@@](=O)C(C)(C)C. The Bertz CT molecular complexity index is 203. The third kappa shape index (κ3) is 5.97. The van der Waals surface area contributed by atoms with E-state index in [1.165, 1.54) is 0 Å². The van der Waals surface area contributed by atoms with Crippen molar-refractivity contribution in [2.75, 3.05) is 0 Å². The quantitative estimate of drug-likeness (QED) is 0.646. The van der Waals surface area contributed by atoms with Crippen LogP contribution in [0.15, 0.2) is 4.40 Å². The fourth-order valence-electron chi connectivity index (χ4n) is 0.757. The summed E-state index contributed by atoms with van der Waals surface area (Å²) in [5, 5.41) is 0. The molecule has 0 aromatic carbocycles. The molecular weight excluding hydrogens is 182 g/mol. The van der Waals surface area contributed by atoms with E-state index in [4.69, 9.17) is 0 Å². The fraction of sp³-hybridized carbons (Fsp3) is 0.900. The molecule has 0 radical (unpaired) electrons. The highest BCUT2D eigenvalue weighted by Crippen LogP contribution is 2.13. The Morgan fingerprint density at radius 2 is 1.92 bits per heavy atom. The van der Waals surface area contributed by atoms with Crippen LogP contribution in [0.4, 0.5) is 0 Å². The molecule has 0 fully saturated rings. The van der Waals surface area contributed by atoms with Crippen molar-refractivity contribution in [1.82, 2.24) is 0 Å². The van der Waals surface area contributed by atoms with Gasteiger partial charge in [-0.05, 0) is 40.5 Å². The van der Waals surface area contributed by atoms with Gasteiger partial charge in [-0.2, -0.15) is 4.40 Å². The lowest BCUT2D eigenvalue weighted by atomic mass is 10.2. The standard InChI is InChI=1S/C10H21NOS/c1-6-7-8-9(2)11-13(12)10(3,4)5/h6-8H2,1-5H3/t13-/m0/s1. The Kier molecular flexibility index (Phi) is 5.45. The predicted molar refractivity (Wildman–Crippen MR) is 60.5 cm³/mol. The van der Waals surface area contributed by atoms with Crippen LogP contribution in [0.5, 0.6) is 0 Å². The van der Waals surface area contributed by atoms with E-state index in [0.29, 0.717) is 0 Å². The lowest BCUT2D eigenvalue weighted by Gasteiger charge is -2.13. The molecule has 78 valence electrons. The van der Waals surface area contributed by atoms with Gasteiger partial charge in [0.05, 0.1) is 4.75 Å². The van der Waals surface area contributed by atoms with Gasteiger partial charge in [0.2, 0.25) is 0 Å². The average molecular weight is 203 g/mol. The molecule has 0 aliphatic carbocycles. The van der Waals surface area contributed by atoms with Gasteiger partial charge in [-0.15, -0.1) is 0 Å². The van der Waals surface area contributed by atoms with E-state index >= 15 is 0 Å². The maximum atomic E-state index is 11.6. The third-order valence-corrected chi connectivity index (χ3v) is 3.18. The second-order valence-electron chi connectivity index (χ2n) is 4.29. The zero-order valence-corrected chi connectivity index (χ0v) is 10.2.